The fourth-order valence-corrected chi connectivity index (χ4v) is 1.07. The zero-order chi connectivity index (χ0) is 12.2. The number of ether oxygens (including phenoxy) is 1. The lowest BCUT2D eigenvalue weighted by molar-refractivity contribution is -0.274. The fraction of sp³-hybridized carbons (Fsp3) is 0.400. The van der Waals surface area contributed by atoms with Crippen molar-refractivity contribution < 1.29 is 23.0 Å². The normalized spacial score (nSPS) is 13.3. The second kappa shape index (κ2) is 5.07. The Morgan fingerprint density at radius 1 is 1.44 bits per heavy atom. The lowest BCUT2D eigenvalue weighted by atomic mass is 10.3. The highest BCUT2D eigenvalue weighted by Gasteiger charge is 2.31. The van der Waals surface area contributed by atoms with Crippen LogP contribution in [0.2, 0.25) is 0 Å². The minimum absolute atomic E-state index is 0.259. The maximum Gasteiger partial charge on any atom is 0.573 e. The highest BCUT2D eigenvalue weighted by molar-refractivity contribution is 5.48. The molecule has 16 heavy (non-hydrogen) atoms. The maximum atomic E-state index is 11.9. The second-order valence-corrected chi connectivity index (χ2v) is 3.31. The van der Waals surface area contributed by atoms with Gasteiger partial charge in [0.1, 0.15) is 5.75 Å². The van der Waals surface area contributed by atoms with E-state index in [-0.39, 0.29) is 12.3 Å². The highest BCUT2D eigenvalue weighted by atomic mass is 19.4. The molecule has 0 heterocycles. The van der Waals surface area contributed by atoms with E-state index in [1.807, 2.05) is 0 Å². The first-order valence-electron chi connectivity index (χ1n) is 4.64. The molecular weight excluding hydrogens is 223 g/mol. The molecular formula is C10H12F3NO2. The highest BCUT2D eigenvalue weighted by Crippen LogP contribution is 2.24. The molecule has 0 bridgehead atoms. The lowest BCUT2D eigenvalue weighted by Gasteiger charge is -2.12. The van der Waals surface area contributed by atoms with Gasteiger partial charge in [0.15, 0.2) is 0 Å². The molecule has 0 spiro atoms. The van der Waals surface area contributed by atoms with Crippen molar-refractivity contribution in [2.45, 2.75) is 19.4 Å². The van der Waals surface area contributed by atoms with Gasteiger partial charge in [0.2, 0.25) is 0 Å². The Hall–Kier alpha value is -1.43. The minimum atomic E-state index is -4.69. The molecule has 0 radical (unpaired) electrons. The van der Waals surface area contributed by atoms with E-state index in [0.717, 1.165) is 0 Å². The molecule has 0 amide bonds. The number of aliphatic hydroxyl groups excluding tert-OH is 1. The van der Waals surface area contributed by atoms with E-state index in [9.17, 15) is 13.2 Å². The number of rotatable bonds is 4. The molecule has 1 atom stereocenters. The van der Waals surface area contributed by atoms with Gasteiger partial charge in [0.25, 0.3) is 0 Å². The van der Waals surface area contributed by atoms with Crippen molar-refractivity contribution >= 4 is 5.69 Å². The molecule has 2 N–H and O–H groups in total. The van der Waals surface area contributed by atoms with Crippen molar-refractivity contribution in [3.8, 4) is 5.75 Å². The molecule has 90 valence electrons. The molecule has 6 heteroatoms. The molecule has 0 aliphatic heterocycles. The van der Waals surface area contributed by atoms with Crippen LogP contribution in [0.25, 0.3) is 0 Å². The van der Waals surface area contributed by atoms with E-state index in [0.29, 0.717) is 5.69 Å². The Balaban J connectivity index is 2.64. The van der Waals surface area contributed by atoms with Crippen molar-refractivity contribution in [2.24, 2.45) is 0 Å². The van der Waals surface area contributed by atoms with E-state index in [1.165, 1.54) is 18.2 Å². The summed E-state index contributed by atoms with van der Waals surface area (Å²) in [7, 11) is 0. The number of anilines is 1. The number of hydrogen-bond acceptors (Lipinski definition) is 3. The van der Waals surface area contributed by atoms with Crippen LogP contribution in [0, 0.1) is 0 Å². The summed E-state index contributed by atoms with van der Waals surface area (Å²) in [5.41, 5.74) is 0.461. The van der Waals surface area contributed by atoms with Crippen LogP contribution < -0.4 is 10.1 Å². The van der Waals surface area contributed by atoms with Gasteiger partial charge in [-0.1, -0.05) is 6.07 Å². The van der Waals surface area contributed by atoms with Crippen LogP contribution in [0.1, 0.15) is 6.92 Å². The van der Waals surface area contributed by atoms with Crippen molar-refractivity contribution in [3.63, 3.8) is 0 Å². The summed E-state index contributed by atoms with van der Waals surface area (Å²) in [6.45, 7) is 1.83. The molecule has 0 aliphatic carbocycles. The number of benzene rings is 1. The van der Waals surface area contributed by atoms with Gasteiger partial charge in [-0.15, -0.1) is 13.2 Å². The quantitative estimate of drug-likeness (QED) is 0.841. The largest absolute Gasteiger partial charge is 0.573 e. The Labute approximate surface area is 90.8 Å². The van der Waals surface area contributed by atoms with Crippen LogP contribution >= 0.6 is 0 Å². The summed E-state index contributed by atoms with van der Waals surface area (Å²) in [5, 5.41) is 11.8. The summed E-state index contributed by atoms with van der Waals surface area (Å²) >= 11 is 0. The summed E-state index contributed by atoms with van der Waals surface area (Å²) in [4.78, 5) is 0. The zero-order valence-corrected chi connectivity index (χ0v) is 8.58. The van der Waals surface area contributed by atoms with Crippen LogP contribution in [0.5, 0.6) is 5.75 Å². The average Bonchev–Trinajstić information content (AvgIpc) is 2.12. The van der Waals surface area contributed by atoms with Crippen LogP contribution in [0.3, 0.4) is 0 Å². The van der Waals surface area contributed by atoms with Crippen LogP contribution in [-0.2, 0) is 0 Å². The van der Waals surface area contributed by atoms with Gasteiger partial charge in [0, 0.05) is 18.3 Å². The third-order valence-electron chi connectivity index (χ3n) is 1.67. The van der Waals surface area contributed by atoms with E-state index < -0.39 is 12.5 Å². The molecule has 0 saturated heterocycles. The van der Waals surface area contributed by atoms with E-state index in [1.54, 1.807) is 13.0 Å². The maximum absolute atomic E-state index is 11.9. The summed E-state index contributed by atoms with van der Waals surface area (Å²) in [5.74, 6) is -0.289. The molecule has 1 aromatic rings. The first-order valence-corrected chi connectivity index (χ1v) is 4.64. The third kappa shape index (κ3) is 4.88. The van der Waals surface area contributed by atoms with Gasteiger partial charge in [-0.25, -0.2) is 0 Å². The molecule has 0 aromatic heterocycles. The van der Waals surface area contributed by atoms with Gasteiger partial charge in [-0.3, -0.25) is 0 Å². The lowest BCUT2D eigenvalue weighted by Crippen LogP contribution is -2.18. The molecule has 3 nitrogen and oxygen atoms in total. The number of hydrogen-bond donors (Lipinski definition) is 2. The molecule has 1 rings (SSSR count). The second-order valence-electron chi connectivity index (χ2n) is 3.31. The van der Waals surface area contributed by atoms with Crippen molar-refractivity contribution in [3.05, 3.63) is 24.3 Å². The van der Waals surface area contributed by atoms with Crippen molar-refractivity contribution in [2.75, 3.05) is 11.9 Å². The summed E-state index contributed by atoms with van der Waals surface area (Å²) < 4.78 is 39.5. The van der Waals surface area contributed by atoms with Gasteiger partial charge in [-0.05, 0) is 19.1 Å². The summed E-state index contributed by atoms with van der Waals surface area (Å²) in [6.07, 6.45) is -5.27. The third-order valence-corrected chi connectivity index (χ3v) is 1.67. The van der Waals surface area contributed by atoms with Gasteiger partial charge >= 0.3 is 6.36 Å². The average molecular weight is 235 g/mol. The standard InChI is InChI=1S/C10H12F3NO2/c1-7(15)6-14-8-3-2-4-9(5-8)16-10(11,12)13/h2-5,7,14-15H,6H2,1H3/t7-/m1/s1. The van der Waals surface area contributed by atoms with Gasteiger partial charge in [0.05, 0.1) is 6.10 Å². The Bertz CT molecular complexity index is 339. The van der Waals surface area contributed by atoms with Crippen LogP contribution in [-0.4, -0.2) is 24.1 Å². The fourth-order valence-electron chi connectivity index (χ4n) is 1.07. The molecule has 0 unspecified atom stereocenters. The van der Waals surface area contributed by atoms with Crippen LogP contribution in [0.4, 0.5) is 18.9 Å². The smallest absolute Gasteiger partial charge is 0.406 e. The number of nitrogens with one attached hydrogen (secondary N) is 1. The molecule has 0 aliphatic rings. The number of aliphatic hydroxyl groups is 1. The topological polar surface area (TPSA) is 41.5 Å². The monoisotopic (exact) mass is 235 g/mol. The number of alkyl halides is 3. The van der Waals surface area contributed by atoms with E-state index in [4.69, 9.17) is 5.11 Å². The van der Waals surface area contributed by atoms with Crippen LogP contribution in [0.15, 0.2) is 24.3 Å². The number of halogens is 3. The molecule has 0 saturated carbocycles. The predicted molar refractivity (Wildman–Crippen MR) is 53.3 cm³/mol. The SMILES string of the molecule is C[C@@H](O)CNc1cccc(OC(F)(F)F)c1. The van der Waals surface area contributed by atoms with Crippen molar-refractivity contribution in [1.29, 1.82) is 0 Å². The van der Waals surface area contributed by atoms with Gasteiger partial charge < -0.3 is 15.2 Å². The Morgan fingerprint density at radius 2 is 2.12 bits per heavy atom. The molecule has 1 aromatic carbocycles. The molecule has 0 fully saturated rings. The van der Waals surface area contributed by atoms with E-state index in [2.05, 4.69) is 10.1 Å². The first kappa shape index (κ1) is 12.6. The zero-order valence-electron chi connectivity index (χ0n) is 8.58. The summed E-state index contributed by atoms with van der Waals surface area (Å²) in [6, 6.07) is 5.45. The Kier molecular flexibility index (Phi) is 4.00. The van der Waals surface area contributed by atoms with Gasteiger partial charge in [-0.2, -0.15) is 0 Å². The Morgan fingerprint density at radius 3 is 2.69 bits per heavy atom. The van der Waals surface area contributed by atoms with Crippen molar-refractivity contribution in [1.82, 2.24) is 0 Å². The van der Waals surface area contributed by atoms with E-state index >= 15 is 0 Å². The minimum Gasteiger partial charge on any atom is -0.406 e. The predicted octanol–water partition coefficient (Wildman–Crippen LogP) is 2.38. The first-order chi connectivity index (χ1) is 7.37.